The zero-order valence-electron chi connectivity index (χ0n) is 17.3. The fraction of sp³-hybridized carbons (Fsp3) is 0.348. The molecule has 0 radical (unpaired) electrons. The summed E-state index contributed by atoms with van der Waals surface area (Å²) < 4.78 is 2.23. The highest BCUT2D eigenvalue weighted by atomic mass is 16.1. The summed E-state index contributed by atoms with van der Waals surface area (Å²) in [5.41, 5.74) is 12.1. The van der Waals surface area contributed by atoms with Crippen molar-refractivity contribution in [3.8, 4) is 0 Å². The highest BCUT2D eigenvalue weighted by Crippen LogP contribution is 2.25. The van der Waals surface area contributed by atoms with E-state index >= 15 is 0 Å². The highest BCUT2D eigenvalue weighted by Gasteiger charge is 2.21. The fourth-order valence-electron chi connectivity index (χ4n) is 4.09. The molecule has 28 heavy (non-hydrogen) atoms. The van der Waals surface area contributed by atoms with E-state index in [1.165, 1.54) is 5.56 Å². The molecule has 0 aliphatic carbocycles. The summed E-state index contributed by atoms with van der Waals surface area (Å²) in [5.74, 6) is 0.619. The van der Waals surface area contributed by atoms with Crippen LogP contribution in [0.1, 0.15) is 54.1 Å². The smallest absolute Gasteiger partial charge is 0.253 e. The number of carbonyl (C=O) groups excluding carboxylic acids is 1. The summed E-state index contributed by atoms with van der Waals surface area (Å²) in [7, 11) is 0. The van der Waals surface area contributed by atoms with Gasteiger partial charge in [0.15, 0.2) is 0 Å². The van der Waals surface area contributed by atoms with Crippen molar-refractivity contribution in [3.63, 3.8) is 0 Å². The van der Waals surface area contributed by atoms with E-state index in [9.17, 15) is 4.79 Å². The SMILES string of the molecule is CC1=C(CNC(=O)c2cc(C)n(C(C)c3ccccc3)c2C)C(C)NC(N)=C1. The van der Waals surface area contributed by atoms with Gasteiger partial charge in [-0.05, 0) is 63.5 Å². The Morgan fingerprint density at radius 1 is 1.25 bits per heavy atom. The Labute approximate surface area is 167 Å². The number of dihydropyridines is 1. The van der Waals surface area contributed by atoms with Gasteiger partial charge in [0.2, 0.25) is 0 Å². The number of benzene rings is 1. The molecule has 1 aromatic carbocycles. The van der Waals surface area contributed by atoms with E-state index in [0.29, 0.717) is 12.4 Å². The van der Waals surface area contributed by atoms with Crippen molar-refractivity contribution in [2.75, 3.05) is 6.54 Å². The van der Waals surface area contributed by atoms with Gasteiger partial charge in [0.1, 0.15) is 0 Å². The van der Waals surface area contributed by atoms with Crippen molar-refractivity contribution in [2.45, 2.75) is 46.7 Å². The van der Waals surface area contributed by atoms with Gasteiger partial charge in [-0.3, -0.25) is 4.79 Å². The first-order chi connectivity index (χ1) is 13.3. The molecule has 5 heteroatoms. The van der Waals surface area contributed by atoms with E-state index in [-0.39, 0.29) is 18.0 Å². The number of aryl methyl sites for hydroxylation is 1. The molecule has 0 saturated heterocycles. The first kappa shape index (κ1) is 19.8. The standard InChI is InChI=1S/C23H30N4O/c1-14-11-22(24)26-16(3)21(14)13-25-23(28)20-12-15(2)27(18(20)5)17(4)19-9-7-6-8-10-19/h6-12,16-17,26H,13,24H2,1-5H3,(H,25,28). The molecule has 3 rings (SSSR count). The van der Waals surface area contributed by atoms with Gasteiger partial charge in [-0.1, -0.05) is 30.3 Å². The van der Waals surface area contributed by atoms with Crippen molar-refractivity contribution in [1.29, 1.82) is 0 Å². The molecule has 0 bridgehead atoms. The van der Waals surface area contributed by atoms with Crippen molar-refractivity contribution >= 4 is 5.91 Å². The predicted octanol–water partition coefficient (Wildman–Crippen LogP) is 3.55. The van der Waals surface area contributed by atoms with Crippen LogP contribution in [0.3, 0.4) is 0 Å². The van der Waals surface area contributed by atoms with Crippen LogP contribution in [0.25, 0.3) is 0 Å². The van der Waals surface area contributed by atoms with Gasteiger partial charge in [0, 0.05) is 24.0 Å². The van der Waals surface area contributed by atoms with Gasteiger partial charge in [-0.25, -0.2) is 0 Å². The Kier molecular flexibility index (Phi) is 5.63. The second-order valence-electron chi connectivity index (χ2n) is 7.60. The average Bonchev–Trinajstić information content (AvgIpc) is 2.95. The number of hydrogen-bond donors (Lipinski definition) is 3. The molecule has 148 valence electrons. The number of carbonyl (C=O) groups is 1. The number of allylic oxidation sites excluding steroid dienone is 2. The summed E-state index contributed by atoms with van der Waals surface area (Å²) >= 11 is 0. The molecule has 1 amide bonds. The van der Waals surface area contributed by atoms with Gasteiger partial charge in [0.25, 0.3) is 5.91 Å². The monoisotopic (exact) mass is 378 g/mol. The Bertz CT molecular complexity index is 937. The molecule has 2 aromatic rings. The normalized spacial score (nSPS) is 17.8. The van der Waals surface area contributed by atoms with Crippen LogP contribution < -0.4 is 16.4 Å². The van der Waals surface area contributed by atoms with Crippen LogP contribution in [0.4, 0.5) is 0 Å². The van der Waals surface area contributed by atoms with E-state index in [2.05, 4.69) is 48.1 Å². The molecule has 1 aromatic heterocycles. The first-order valence-corrected chi connectivity index (χ1v) is 9.74. The molecule has 2 unspecified atom stereocenters. The van der Waals surface area contributed by atoms with Gasteiger partial charge in [0.05, 0.1) is 17.4 Å². The minimum Gasteiger partial charge on any atom is -0.386 e. The molecule has 1 aliphatic rings. The van der Waals surface area contributed by atoms with Crippen LogP contribution in [-0.2, 0) is 0 Å². The summed E-state index contributed by atoms with van der Waals surface area (Å²) in [4.78, 5) is 12.9. The molecular formula is C23H30N4O. The zero-order chi connectivity index (χ0) is 20.4. The molecule has 0 spiro atoms. The molecule has 1 aliphatic heterocycles. The average molecular weight is 379 g/mol. The Morgan fingerprint density at radius 2 is 1.93 bits per heavy atom. The lowest BCUT2D eigenvalue weighted by Gasteiger charge is -2.25. The molecule has 4 N–H and O–H groups in total. The predicted molar refractivity (Wildman–Crippen MR) is 114 cm³/mol. The summed E-state index contributed by atoms with van der Waals surface area (Å²) in [6.07, 6.45) is 1.91. The maximum absolute atomic E-state index is 12.9. The van der Waals surface area contributed by atoms with Crippen molar-refractivity contribution in [2.24, 2.45) is 5.73 Å². The van der Waals surface area contributed by atoms with Crippen molar-refractivity contribution in [3.05, 3.63) is 82.0 Å². The van der Waals surface area contributed by atoms with Gasteiger partial charge < -0.3 is 20.9 Å². The number of amides is 1. The number of nitrogens with two attached hydrogens (primary N) is 1. The maximum atomic E-state index is 12.9. The van der Waals surface area contributed by atoms with Crippen molar-refractivity contribution < 1.29 is 4.79 Å². The summed E-state index contributed by atoms with van der Waals surface area (Å²) in [6, 6.07) is 12.6. The van der Waals surface area contributed by atoms with Crippen LogP contribution in [0.15, 0.2) is 59.4 Å². The highest BCUT2D eigenvalue weighted by molar-refractivity contribution is 5.95. The van der Waals surface area contributed by atoms with Crippen LogP contribution >= 0.6 is 0 Å². The minimum atomic E-state index is -0.0466. The number of aromatic nitrogens is 1. The lowest BCUT2D eigenvalue weighted by atomic mass is 9.99. The van der Waals surface area contributed by atoms with E-state index in [4.69, 9.17) is 5.73 Å². The third-order valence-corrected chi connectivity index (χ3v) is 5.62. The molecule has 0 fully saturated rings. The third kappa shape index (κ3) is 3.84. The number of nitrogens with one attached hydrogen (secondary N) is 2. The zero-order valence-corrected chi connectivity index (χ0v) is 17.3. The Hall–Kier alpha value is -2.95. The van der Waals surface area contributed by atoms with Crippen LogP contribution in [-0.4, -0.2) is 23.1 Å². The Balaban J connectivity index is 1.79. The second kappa shape index (κ2) is 7.97. The van der Waals surface area contributed by atoms with E-state index < -0.39 is 0 Å². The van der Waals surface area contributed by atoms with E-state index in [1.54, 1.807) is 0 Å². The molecule has 2 atom stereocenters. The summed E-state index contributed by atoms with van der Waals surface area (Å²) in [5, 5.41) is 6.29. The van der Waals surface area contributed by atoms with Crippen LogP contribution in [0.5, 0.6) is 0 Å². The van der Waals surface area contributed by atoms with Crippen LogP contribution in [0.2, 0.25) is 0 Å². The molecular weight excluding hydrogens is 348 g/mol. The van der Waals surface area contributed by atoms with Gasteiger partial charge >= 0.3 is 0 Å². The topological polar surface area (TPSA) is 72.1 Å². The third-order valence-electron chi connectivity index (χ3n) is 5.62. The minimum absolute atomic E-state index is 0.0466. The maximum Gasteiger partial charge on any atom is 0.253 e. The number of hydrogen-bond acceptors (Lipinski definition) is 3. The largest absolute Gasteiger partial charge is 0.386 e. The van der Waals surface area contributed by atoms with E-state index in [1.807, 2.05) is 44.2 Å². The fourth-order valence-corrected chi connectivity index (χ4v) is 4.09. The quantitative estimate of drug-likeness (QED) is 0.745. The van der Waals surface area contributed by atoms with Gasteiger partial charge in [-0.2, -0.15) is 0 Å². The van der Waals surface area contributed by atoms with E-state index in [0.717, 1.165) is 28.1 Å². The van der Waals surface area contributed by atoms with Crippen molar-refractivity contribution in [1.82, 2.24) is 15.2 Å². The molecule has 0 saturated carbocycles. The Morgan fingerprint density at radius 3 is 2.57 bits per heavy atom. The van der Waals surface area contributed by atoms with Gasteiger partial charge in [-0.15, -0.1) is 0 Å². The summed E-state index contributed by atoms with van der Waals surface area (Å²) in [6.45, 7) is 10.8. The van der Waals surface area contributed by atoms with Crippen LogP contribution in [0, 0.1) is 13.8 Å². The molecule has 5 nitrogen and oxygen atoms in total. The lowest BCUT2D eigenvalue weighted by Crippen LogP contribution is -2.39. The lowest BCUT2D eigenvalue weighted by molar-refractivity contribution is 0.0955. The number of nitrogens with zero attached hydrogens (tertiary/aromatic N) is 1. The number of rotatable bonds is 5. The first-order valence-electron chi connectivity index (χ1n) is 9.74. The molecule has 2 heterocycles. The second-order valence-corrected chi connectivity index (χ2v) is 7.60.